The minimum atomic E-state index is -0.432. The van der Waals surface area contributed by atoms with Crippen molar-refractivity contribution in [2.45, 2.75) is 0 Å². The molecule has 2 aromatic heterocycles. The number of imidazole rings is 1. The second-order valence-electron chi connectivity index (χ2n) is 4.08. The summed E-state index contributed by atoms with van der Waals surface area (Å²) in [6.45, 7) is 0. The number of methoxy groups -OCH3 is 1. The van der Waals surface area contributed by atoms with Crippen molar-refractivity contribution in [2.75, 3.05) is 7.11 Å². The first-order valence-electron chi connectivity index (χ1n) is 5.85. The lowest BCUT2D eigenvalue weighted by Crippen LogP contribution is -2.04. The SMILES string of the molecule is COC(=O)c1cn2c(C(=O)c3ccccc3)cnc2s1. The van der Waals surface area contributed by atoms with Gasteiger partial charge in [0.1, 0.15) is 10.6 Å². The van der Waals surface area contributed by atoms with Crippen molar-refractivity contribution < 1.29 is 14.3 Å². The van der Waals surface area contributed by atoms with Crippen LogP contribution in [-0.4, -0.2) is 28.2 Å². The lowest BCUT2D eigenvalue weighted by Gasteiger charge is -1.98. The van der Waals surface area contributed by atoms with Crippen LogP contribution >= 0.6 is 11.3 Å². The molecule has 0 aliphatic rings. The predicted molar refractivity (Wildman–Crippen MR) is 74.3 cm³/mol. The van der Waals surface area contributed by atoms with Gasteiger partial charge in [0.2, 0.25) is 5.78 Å². The van der Waals surface area contributed by atoms with Gasteiger partial charge in [-0.05, 0) is 0 Å². The number of hydrogen-bond donors (Lipinski definition) is 0. The van der Waals surface area contributed by atoms with Crippen LogP contribution in [0.3, 0.4) is 0 Å². The summed E-state index contributed by atoms with van der Waals surface area (Å²) in [7, 11) is 1.32. The Morgan fingerprint density at radius 2 is 2.00 bits per heavy atom. The molecule has 0 amide bonds. The minimum absolute atomic E-state index is 0.132. The average Bonchev–Trinajstić information content (AvgIpc) is 3.06. The van der Waals surface area contributed by atoms with Gasteiger partial charge in [0.15, 0.2) is 4.96 Å². The maximum absolute atomic E-state index is 12.4. The summed E-state index contributed by atoms with van der Waals surface area (Å²) in [6, 6.07) is 8.95. The molecule has 3 aromatic rings. The zero-order valence-electron chi connectivity index (χ0n) is 10.6. The van der Waals surface area contributed by atoms with Crippen molar-refractivity contribution in [1.29, 1.82) is 0 Å². The van der Waals surface area contributed by atoms with Crippen molar-refractivity contribution in [1.82, 2.24) is 9.38 Å². The number of hydrogen-bond acceptors (Lipinski definition) is 5. The normalized spacial score (nSPS) is 10.7. The van der Waals surface area contributed by atoms with Crippen LogP contribution in [-0.2, 0) is 4.74 Å². The van der Waals surface area contributed by atoms with Crippen molar-refractivity contribution in [2.24, 2.45) is 0 Å². The molecule has 0 atom stereocenters. The second-order valence-corrected chi connectivity index (χ2v) is 5.09. The number of carbonyl (C=O) groups is 2. The molecule has 100 valence electrons. The average molecular weight is 286 g/mol. The van der Waals surface area contributed by atoms with Crippen LogP contribution in [0.4, 0.5) is 0 Å². The number of esters is 1. The first-order valence-corrected chi connectivity index (χ1v) is 6.67. The van der Waals surface area contributed by atoms with E-state index < -0.39 is 5.97 Å². The van der Waals surface area contributed by atoms with Crippen molar-refractivity contribution in [3.63, 3.8) is 0 Å². The summed E-state index contributed by atoms with van der Waals surface area (Å²) >= 11 is 1.19. The van der Waals surface area contributed by atoms with Crippen LogP contribution in [0.5, 0.6) is 0 Å². The molecule has 6 heteroatoms. The molecule has 0 saturated heterocycles. The Hall–Kier alpha value is -2.47. The summed E-state index contributed by atoms with van der Waals surface area (Å²) in [6.07, 6.45) is 3.09. The molecule has 0 radical (unpaired) electrons. The molecule has 0 saturated carbocycles. The fourth-order valence-electron chi connectivity index (χ4n) is 1.89. The molecule has 0 aliphatic carbocycles. The molecular formula is C14H10N2O3S. The number of ketones is 1. The Kier molecular flexibility index (Phi) is 3.08. The van der Waals surface area contributed by atoms with Gasteiger partial charge in [0.25, 0.3) is 0 Å². The third kappa shape index (κ3) is 2.00. The van der Waals surface area contributed by atoms with Crippen LogP contribution in [0.25, 0.3) is 4.96 Å². The Bertz CT molecular complexity index is 789. The van der Waals surface area contributed by atoms with Crippen molar-refractivity contribution >= 4 is 28.1 Å². The van der Waals surface area contributed by atoms with E-state index in [9.17, 15) is 9.59 Å². The smallest absolute Gasteiger partial charge is 0.349 e. The number of rotatable bonds is 3. The monoisotopic (exact) mass is 286 g/mol. The fraction of sp³-hybridized carbons (Fsp3) is 0.0714. The Morgan fingerprint density at radius 3 is 2.70 bits per heavy atom. The predicted octanol–water partition coefficient (Wildman–Crippen LogP) is 2.41. The van der Waals surface area contributed by atoms with Gasteiger partial charge in [-0.2, -0.15) is 0 Å². The van der Waals surface area contributed by atoms with Gasteiger partial charge in [-0.15, -0.1) is 0 Å². The molecule has 20 heavy (non-hydrogen) atoms. The number of fused-ring (bicyclic) bond motifs is 1. The van der Waals surface area contributed by atoms with Gasteiger partial charge in [-0.25, -0.2) is 9.78 Å². The second kappa shape index (κ2) is 4.90. The summed E-state index contributed by atoms with van der Waals surface area (Å²) in [4.78, 5) is 29.0. The van der Waals surface area contributed by atoms with E-state index in [1.165, 1.54) is 24.6 Å². The zero-order valence-corrected chi connectivity index (χ0v) is 11.4. The van der Waals surface area contributed by atoms with Gasteiger partial charge in [0, 0.05) is 11.8 Å². The number of carbonyl (C=O) groups excluding carboxylic acids is 2. The molecule has 0 bridgehead atoms. The van der Waals surface area contributed by atoms with E-state index in [1.54, 1.807) is 34.9 Å². The largest absolute Gasteiger partial charge is 0.465 e. The standard InChI is InChI=1S/C14H10N2O3S/c1-19-13(18)11-8-16-10(7-15-14(16)20-11)12(17)9-5-3-2-4-6-9/h2-8H,1H3. The van der Waals surface area contributed by atoms with E-state index in [1.807, 2.05) is 6.07 Å². The van der Waals surface area contributed by atoms with E-state index in [0.29, 0.717) is 21.1 Å². The first-order chi connectivity index (χ1) is 9.70. The van der Waals surface area contributed by atoms with Crippen LogP contribution in [0.15, 0.2) is 42.7 Å². The van der Waals surface area contributed by atoms with Gasteiger partial charge in [-0.1, -0.05) is 41.7 Å². The molecule has 0 aliphatic heterocycles. The highest BCUT2D eigenvalue weighted by Crippen LogP contribution is 2.21. The molecule has 0 spiro atoms. The quantitative estimate of drug-likeness (QED) is 0.548. The Labute approximate surface area is 118 Å². The van der Waals surface area contributed by atoms with E-state index in [-0.39, 0.29) is 5.78 Å². The van der Waals surface area contributed by atoms with Gasteiger partial charge < -0.3 is 4.74 Å². The number of benzene rings is 1. The molecule has 1 aromatic carbocycles. The number of thiazole rings is 1. The number of nitrogens with zero attached hydrogens (tertiary/aromatic N) is 2. The lowest BCUT2D eigenvalue weighted by atomic mass is 10.1. The Balaban J connectivity index is 2.06. The van der Waals surface area contributed by atoms with Gasteiger partial charge in [0.05, 0.1) is 13.3 Å². The fourth-order valence-corrected chi connectivity index (χ4v) is 2.76. The third-order valence-corrected chi connectivity index (χ3v) is 3.84. The third-order valence-electron chi connectivity index (χ3n) is 2.87. The molecule has 3 rings (SSSR count). The molecular weight excluding hydrogens is 276 g/mol. The van der Waals surface area contributed by atoms with Crippen LogP contribution in [0.1, 0.15) is 25.7 Å². The minimum Gasteiger partial charge on any atom is -0.465 e. The summed E-state index contributed by atoms with van der Waals surface area (Å²) < 4.78 is 6.28. The van der Waals surface area contributed by atoms with E-state index in [2.05, 4.69) is 9.72 Å². The van der Waals surface area contributed by atoms with Crippen molar-refractivity contribution in [3.05, 3.63) is 58.9 Å². The highest BCUT2D eigenvalue weighted by molar-refractivity contribution is 7.18. The molecule has 0 N–H and O–H groups in total. The summed E-state index contributed by atoms with van der Waals surface area (Å²) in [5.41, 5.74) is 1.01. The Morgan fingerprint density at radius 1 is 1.25 bits per heavy atom. The van der Waals surface area contributed by atoms with E-state index in [4.69, 9.17) is 0 Å². The van der Waals surface area contributed by atoms with Gasteiger partial charge >= 0.3 is 5.97 Å². The first kappa shape index (κ1) is 12.6. The molecule has 0 unspecified atom stereocenters. The maximum Gasteiger partial charge on any atom is 0.349 e. The highest BCUT2D eigenvalue weighted by atomic mass is 32.1. The molecule has 5 nitrogen and oxygen atoms in total. The lowest BCUT2D eigenvalue weighted by molar-refractivity contribution is 0.0605. The molecule has 0 fully saturated rings. The summed E-state index contributed by atoms with van der Waals surface area (Å²) in [5.74, 6) is -0.564. The van der Waals surface area contributed by atoms with Gasteiger partial charge in [-0.3, -0.25) is 9.20 Å². The summed E-state index contributed by atoms with van der Waals surface area (Å²) in [5, 5.41) is 0. The molecule has 2 heterocycles. The van der Waals surface area contributed by atoms with Crippen molar-refractivity contribution in [3.8, 4) is 0 Å². The van der Waals surface area contributed by atoms with E-state index >= 15 is 0 Å². The number of aromatic nitrogens is 2. The number of ether oxygens (including phenoxy) is 1. The van der Waals surface area contributed by atoms with Crippen LogP contribution in [0.2, 0.25) is 0 Å². The van der Waals surface area contributed by atoms with Crippen LogP contribution < -0.4 is 0 Å². The maximum atomic E-state index is 12.4. The van der Waals surface area contributed by atoms with Crippen LogP contribution in [0, 0.1) is 0 Å². The van der Waals surface area contributed by atoms with E-state index in [0.717, 1.165) is 0 Å². The zero-order chi connectivity index (χ0) is 14.1. The topological polar surface area (TPSA) is 60.7 Å². The highest BCUT2D eigenvalue weighted by Gasteiger charge is 2.18.